The van der Waals surface area contributed by atoms with Crippen molar-refractivity contribution in [2.24, 2.45) is 5.73 Å². The molecule has 0 aliphatic carbocycles. The lowest BCUT2D eigenvalue weighted by molar-refractivity contribution is 0.0714. The molecule has 136 valence electrons. The van der Waals surface area contributed by atoms with Crippen molar-refractivity contribution < 1.29 is 14.1 Å². The van der Waals surface area contributed by atoms with Crippen LogP contribution in [0.5, 0.6) is 5.75 Å². The second-order valence-electron chi connectivity index (χ2n) is 6.25. The molecule has 2 heterocycles. The molecule has 1 aliphatic heterocycles. The molecule has 1 amide bonds. The number of nitrogens with two attached hydrogens (primary N) is 1. The molecule has 3 rings (SSSR count). The van der Waals surface area contributed by atoms with Crippen LogP contribution in [0.15, 0.2) is 28.8 Å². The molecule has 0 bridgehead atoms. The molecular formula is C18H24ClN3O3. The first-order chi connectivity index (χ1) is 11.5. The normalized spacial score (nSPS) is 14.9. The first kappa shape index (κ1) is 19.3. The summed E-state index contributed by atoms with van der Waals surface area (Å²) < 4.78 is 10.9. The minimum absolute atomic E-state index is 0. The van der Waals surface area contributed by atoms with Gasteiger partial charge in [-0.25, -0.2) is 0 Å². The molecule has 0 spiro atoms. The summed E-state index contributed by atoms with van der Waals surface area (Å²) in [5.74, 6) is 1.45. The average molecular weight is 366 g/mol. The summed E-state index contributed by atoms with van der Waals surface area (Å²) in [5, 5.41) is 3.92. The van der Waals surface area contributed by atoms with Crippen molar-refractivity contribution in [3.05, 3.63) is 46.8 Å². The molecule has 1 fully saturated rings. The van der Waals surface area contributed by atoms with Crippen LogP contribution in [0.4, 0.5) is 0 Å². The van der Waals surface area contributed by atoms with E-state index in [2.05, 4.69) is 5.16 Å². The van der Waals surface area contributed by atoms with E-state index in [9.17, 15) is 4.79 Å². The highest BCUT2D eigenvalue weighted by molar-refractivity contribution is 5.94. The van der Waals surface area contributed by atoms with Crippen LogP contribution in [0.1, 0.15) is 40.2 Å². The number of carbonyl (C=O) groups is 1. The number of aryl methyl sites for hydroxylation is 2. The van der Waals surface area contributed by atoms with Gasteiger partial charge in [-0.3, -0.25) is 4.79 Å². The Labute approximate surface area is 153 Å². The van der Waals surface area contributed by atoms with Crippen molar-refractivity contribution in [2.75, 3.05) is 13.1 Å². The zero-order chi connectivity index (χ0) is 17.1. The molecule has 6 nitrogen and oxygen atoms in total. The van der Waals surface area contributed by atoms with Gasteiger partial charge >= 0.3 is 0 Å². The number of halogens is 1. The predicted octanol–water partition coefficient (Wildman–Crippen LogP) is 2.86. The number of amides is 1. The monoisotopic (exact) mass is 365 g/mol. The Hall–Kier alpha value is -2.05. The van der Waals surface area contributed by atoms with Gasteiger partial charge in [-0.1, -0.05) is 11.2 Å². The summed E-state index contributed by atoms with van der Waals surface area (Å²) in [4.78, 5) is 14.5. The molecule has 1 aliphatic rings. The van der Waals surface area contributed by atoms with E-state index in [4.69, 9.17) is 15.0 Å². The molecule has 1 aromatic heterocycles. The molecular weight excluding hydrogens is 342 g/mol. The molecule has 0 radical (unpaired) electrons. The maximum atomic E-state index is 12.6. The van der Waals surface area contributed by atoms with Crippen molar-refractivity contribution in [3.63, 3.8) is 0 Å². The number of aromatic nitrogens is 1. The highest BCUT2D eigenvalue weighted by Crippen LogP contribution is 2.20. The highest BCUT2D eigenvalue weighted by atomic mass is 35.5. The van der Waals surface area contributed by atoms with Gasteiger partial charge in [0.2, 0.25) is 0 Å². The maximum Gasteiger partial charge on any atom is 0.253 e. The number of nitrogens with zero attached hydrogens (tertiary/aromatic N) is 2. The van der Waals surface area contributed by atoms with Crippen LogP contribution in [0.3, 0.4) is 0 Å². The second kappa shape index (κ2) is 8.36. The SMILES string of the molecule is Cc1noc(C)c1COc1cccc(C(=O)N2CCC(N)CC2)c1.Cl. The van der Waals surface area contributed by atoms with E-state index in [1.165, 1.54) is 0 Å². The van der Waals surface area contributed by atoms with E-state index in [1.54, 1.807) is 6.07 Å². The molecule has 0 unspecified atom stereocenters. The summed E-state index contributed by atoms with van der Waals surface area (Å²) in [7, 11) is 0. The molecule has 7 heteroatoms. The van der Waals surface area contributed by atoms with Gasteiger partial charge in [0.05, 0.1) is 11.3 Å². The van der Waals surface area contributed by atoms with Gasteiger partial charge < -0.3 is 19.9 Å². The minimum atomic E-state index is 0. The van der Waals surface area contributed by atoms with Gasteiger partial charge in [-0.2, -0.15) is 0 Å². The minimum Gasteiger partial charge on any atom is -0.489 e. The quantitative estimate of drug-likeness (QED) is 0.900. The van der Waals surface area contributed by atoms with Gasteiger partial charge in [0.25, 0.3) is 5.91 Å². The summed E-state index contributed by atoms with van der Waals surface area (Å²) >= 11 is 0. The summed E-state index contributed by atoms with van der Waals surface area (Å²) in [6, 6.07) is 7.50. The smallest absolute Gasteiger partial charge is 0.253 e. The second-order valence-corrected chi connectivity index (χ2v) is 6.25. The van der Waals surface area contributed by atoms with Crippen LogP contribution in [0.2, 0.25) is 0 Å². The van der Waals surface area contributed by atoms with Crippen molar-refractivity contribution in [2.45, 2.75) is 39.3 Å². The van der Waals surface area contributed by atoms with E-state index < -0.39 is 0 Å². The lowest BCUT2D eigenvalue weighted by Gasteiger charge is -2.30. The molecule has 1 aromatic carbocycles. The average Bonchev–Trinajstić information content (AvgIpc) is 2.91. The molecule has 2 aromatic rings. The lowest BCUT2D eigenvalue weighted by Crippen LogP contribution is -2.42. The fraction of sp³-hybridized carbons (Fsp3) is 0.444. The Balaban J connectivity index is 0.00000225. The first-order valence-electron chi connectivity index (χ1n) is 8.24. The fourth-order valence-electron chi connectivity index (χ4n) is 2.87. The summed E-state index contributed by atoms with van der Waals surface area (Å²) in [5.41, 5.74) is 8.30. The van der Waals surface area contributed by atoms with Crippen molar-refractivity contribution in [1.29, 1.82) is 0 Å². The van der Waals surface area contributed by atoms with E-state index >= 15 is 0 Å². The fourth-order valence-corrected chi connectivity index (χ4v) is 2.87. The van der Waals surface area contributed by atoms with Gasteiger partial charge in [0.15, 0.2) is 0 Å². The van der Waals surface area contributed by atoms with Crippen LogP contribution >= 0.6 is 12.4 Å². The van der Waals surface area contributed by atoms with Crippen LogP contribution in [0, 0.1) is 13.8 Å². The Kier molecular flexibility index (Phi) is 6.45. The summed E-state index contributed by atoms with van der Waals surface area (Å²) in [6.07, 6.45) is 1.71. The number of rotatable bonds is 4. The number of benzene rings is 1. The third kappa shape index (κ3) is 4.52. The molecule has 1 saturated heterocycles. The Morgan fingerprint density at radius 1 is 1.36 bits per heavy atom. The number of ether oxygens (including phenoxy) is 1. The molecule has 2 N–H and O–H groups in total. The number of piperidine rings is 1. The number of hydrogen-bond donors (Lipinski definition) is 1. The van der Waals surface area contributed by atoms with Crippen LogP contribution in [-0.4, -0.2) is 35.1 Å². The number of carbonyl (C=O) groups excluding carboxylic acids is 1. The topological polar surface area (TPSA) is 81.6 Å². The van der Waals surface area contributed by atoms with Gasteiger partial charge in [-0.15, -0.1) is 12.4 Å². The Bertz CT molecular complexity index is 705. The maximum absolute atomic E-state index is 12.6. The predicted molar refractivity (Wildman–Crippen MR) is 97.1 cm³/mol. The van der Waals surface area contributed by atoms with Crippen molar-refractivity contribution in [3.8, 4) is 5.75 Å². The van der Waals surface area contributed by atoms with E-state index in [0.717, 1.165) is 29.9 Å². The van der Waals surface area contributed by atoms with E-state index in [1.807, 2.05) is 36.9 Å². The van der Waals surface area contributed by atoms with Crippen molar-refractivity contribution >= 4 is 18.3 Å². The standard InChI is InChI=1S/C18H23N3O3.ClH/c1-12-17(13(2)24-20-12)11-23-16-5-3-4-14(10-16)18(22)21-8-6-15(19)7-9-21;/h3-5,10,15H,6-9,11,19H2,1-2H3;1H. The lowest BCUT2D eigenvalue weighted by atomic mass is 10.0. The first-order valence-corrected chi connectivity index (χ1v) is 8.24. The van der Waals surface area contributed by atoms with E-state index in [-0.39, 0.29) is 24.4 Å². The van der Waals surface area contributed by atoms with Crippen LogP contribution in [0.25, 0.3) is 0 Å². The van der Waals surface area contributed by atoms with Gasteiger partial charge in [0.1, 0.15) is 18.1 Å². The van der Waals surface area contributed by atoms with Crippen LogP contribution in [-0.2, 0) is 6.61 Å². The van der Waals surface area contributed by atoms with Gasteiger partial charge in [0, 0.05) is 24.7 Å². The third-order valence-corrected chi connectivity index (χ3v) is 4.47. The molecule has 0 atom stereocenters. The van der Waals surface area contributed by atoms with Gasteiger partial charge in [-0.05, 0) is 44.9 Å². The highest BCUT2D eigenvalue weighted by Gasteiger charge is 2.22. The molecule has 0 saturated carbocycles. The number of likely N-dealkylation sites (tertiary alicyclic amines) is 1. The van der Waals surface area contributed by atoms with Crippen LogP contribution < -0.4 is 10.5 Å². The Morgan fingerprint density at radius 3 is 2.72 bits per heavy atom. The Morgan fingerprint density at radius 2 is 2.08 bits per heavy atom. The number of hydrogen-bond acceptors (Lipinski definition) is 5. The third-order valence-electron chi connectivity index (χ3n) is 4.47. The zero-order valence-corrected chi connectivity index (χ0v) is 15.3. The zero-order valence-electron chi connectivity index (χ0n) is 14.5. The van der Waals surface area contributed by atoms with E-state index in [0.29, 0.717) is 31.0 Å². The largest absolute Gasteiger partial charge is 0.489 e. The molecule has 25 heavy (non-hydrogen) atoms. The van der Waals surface area contributed by atoms with Crippen molar-refractivity contribution in [1.82, 2.24) is 10.1 Å². The summed E-state index contributed by atoms with van der Waals surface area (Å²) in [6.45, 7) is 5.54.